The summed E-state index contributed by atoms with van der Waals surface area (Å²) in [6.07, 6.45) is 6.61. The second-order valence-electron chi connectivity index (χ2n) is 8.10. The number of anilines is 3. The minimum atomic E-state index is -0.684. The van der Waals surface area contributed by atoms with Crippen molar-refractivity contribution >= 4 is 23.4 Å². The molecule has 0 spiro atoms. The lowest BCUT2D eigenvalue weighted by Gasteiger charge is -2.27. The van der Waals surface area contributed by atoms with Crippen LogP contribution in [0.25, 0.3) is 11.1 Å². The third-order valence-corrected chi connectivity index (χ3v) is 5.70. The van der Waals surface area contributed by atoms with Crippen molar-refractivity contribution in [3.63, 3.8) is 0 Å². The van der Waals surface area contributed by atoms with Crippen LogP contribution in [0, 0.1) is 12.8 Å². The molecule has 0 aliphatic heterocycles. The molecule has 0 radical (unpaired) electrons. The molecular formula is C24H27N5O3. The number of carbonyl (C=O) groups is 1. The topological polar surface area (TPSA) is 109 Å². The lowest BCUT2D eigenvalue weighted by Crippen LogP contribution is -2.29. The Kier molecular flexibility index (Phi) is 6.49. The molecule has 0 bridgehead atoms. The van der Waals surface area contributed by atoms with E-state index in [0.717, 1.165) is 41.0 Å². The van der Waals surface area contributed by atoms with Gasteiger partial charge < -0.3 is 20.5 Å². The number of rotatable bonds is 7. The van der Waals surface area contributed by atoms with Crippen molar-refractivity contribution in [2.75, 3.05) is 17.7 Å². The van der Waals surface area contributed by atoms with E-state index in [1.807, 2.05) is 37.4 Å². The molecule has 0 saturated heterocycles. The number of pyridine rings is 1. The summed E-state index contributed by atoms with van der Waals surface area (Å²) < 4.78 is 5.16. The van der Waals surface area contributed by atoms with Crippen LogP contribution in [0.3, 0.4) is 0 Å². The number of carboxylic acid groups (broad SMARTS) is 1. The SMILES string of the molecule is COc1ccnc(Nc2cc(C)cc(-c3ccc(N[C@H]4CC[C@H](C(=O)O)CC4)nc3)c2)n1. The second kappa shape index (κ2) is 9.64. The number of nitrogens with one attached hydrogen (secondary N) is 2. The van der Waals surface area contributed by atoms with E-state index in [1.54, 1.807) is 19.4 Å². The molecule has 0 unspecified atom stereocenters. The zero-order valence-electron chi connectivity index (χ0n) is 18.2. The number of carboxylic acids is 1. The lowest BCUT2D eigenvalue weighted by molar-refractivity contribution is -0.142. The van der Waals surface area contributed by atoms with Crippen LogP contribution < -0.4 is 15.4 Å². The van der Waals surface area contributed by atoms with Crippen molar-refractivity contribution < 1.29 is 14.6 Å². The molecule has 1 aliphatic rings. The summed E-state index contributed by atoms with van der Waals surface area (Å²) in [4.78, 5) is 24.2. The summed E-state index contributed by atoms with van der Waals surface area (Å²) in [6, 6.07) is 12.1. The zero-order chi connectivity index (χ0) is 22.5. The Morgan fingerprint density at radius 3 is 2.56 bits per heavy atom. The van der Waals surface area contributed by atoms with Crippen molar-refractivity contribution in [3.8, 4) is 17.0 Å². The summed E-state index contributed by atoms with van der Waals surface area (Å²) >= 11 is 0. The fourth-order valence-electron chi connectivity index (χ4n) is 4.01. The van der Waals surface area contributed by atoms with E-state index in [-0.39, 0.29) is 12.0 Å². The average Bonchev–Trinajstić information content (AvgIpc) is 2.79. The van der Waals surface area contributed by atoms with Crippen LogP contribution in [0.1, 0.15) is 31.2 Å². The van der Waals surface area contributed by atoms with Gasteiger partial charge in [-0.2, -0.15) is 4.98 Å². The van der Waals surface area contributed by atoms with E-state index in [9.17, 15) is 4.79 Å². The molecule has 166 valence electrons. The molecule has 1 fully saturated rings. The van der Waals surface area contributed by atoms with E-state index >= 15 is 0 Å². The van der Waals surface area contributed by atoms with Gasteiger partial charge in [-0.3, -0.25) is 4.79 Å². The minimum Gasteiger partial charge on any atom is -0.481 e. The van der Waals surface area contributed by atoms with Crippen LogP contribution in [-0.2, 0) is 4.79 Å². The Labute approximate surface area is 187 Å². The first-order chi connectivity index (χ1) is 15.5. The number of hydrogen-bond acceptors (Lipinski definition) is 7. The van der Waals surface area contributed by atoms with Crippen molar-refractivity contribution in [2.24, 2.45) is 5.92 Å². The van der Waals surface area contributed by atoms with Gasteiger partial charge >= 0.3 is 5.97 Å². The summed E-state index contributed by atoms with van der Waals surface area (Å²) in [6.45, 7) is 2.04. The highest BCUT2D eigenvalue weighted by atomic mass is 16.5. The molecule has 1 aliphatic carbocycles. The minimum absolute atomic E-state index is 0.213. The maximum Gasteiger partial charge on any atom is 0.306 e. The molecule has 8 heteroatoms. The molecule has 2 heterocycles. The van der Waals surface area contributed by atoms with Crippen molar-refractivity contribution in [1.82, 2.24) is 15.0 Å². The van der Waals surface area contributed by atoms with Gasteiger partial charge in [-0.25, -0.2) is 9.97 Å². The van der Waals surface area contributed by atoms with Crippen molar-refractivity contribution in [2.45, 2.75) is 38.6 Å². The Morgan fingerprint density at radius 1 is 1.06 bits per heavy atom. The van der Waals surface area contributed by atoms with Gasteiger partial charge in [0.05, 0.1) is 13.0 Å². The van der Waals surface area contributed by atoms with Gasteiger partial charge in [-0.15, -0.1) is 0 Å². The number of aromatic nitrogens is 3. The Morgan fingerprint density at radius 2 is 1.88 bits per heavy atom. The smallest absolute Gasteiger partial charge is 0.306 e. The number of aryl methyl sites for hydroxylation is 1. The largest absolute Gasteiger partial charge is 0.481 e. The summed E-state index contributed by atoms with van der Waals surface area (Å²) in [5, 5.41) is 15.8. The van der Waals surface area contributed by atoms with E-state index in [2.05, 4.69) is 31.7 Å². The molecule has 0 amide bonds. The van der Waals surface area contributed by atoms with Gasteiger partial charge in [-0.1, -0.05) is 6.07 Å². The molecule has 2 aromatic heterocycles. The highest BCUT2D eigenvalue weighted by Gasteiger charge is 2.25. The van der Waals surface area contributed by atoms with Crippen LogP contribution in [0.4, 0.5) is 17.5 Å². The first-order valence-electron chi connectivity index (χ1n) is 10.7. The third-order valence-electron chi connectivity index (χ3n) is 5.70. The van der Waals surface area contributed by atoms with Crippen molar-refractivity contribution in [1.29, 1.82) is 0 Å². The van der Waals surface area contributed by atoms with Crippen LogP contribution in [0.2, 0.25) is 0 Å². The standard InChI is InChI=1S/C24H27N5O3/c1-15-11-18(13-20(12-15)28-24-25-10-9-22(29-24)32-2)17-5-8-21(26-14-17)27-19-6-3-16(4-7-19)23(30)31/h5,8-14,16,19H,3-4,6-7H2,1-2H3,(H,26,27)(H,30,31)(H,25,28,29)/t16-,19-. The number of nitrogens with zero attached hydrogens (tertiary/aromatic N) is 3. The Bertz CT molecular complexity index is 1080. The molecule has 1 aromatic carbocycles. The quantitative estimate of drug-likeness (QED) is 0.494. The Hall–Kier alpha value is -3.68. The van der Waals surface area contributed by atoms with Gasteiger partial charge in [0.2, 0.25) is 11.8 Å². The maximum atomic E-state index is 11.1. The number of methoxy groups -OCH3 is 1. The monoisotopic (exact) mass is 433 g/mol. The first-order valence-corrected chi connectivity index (χ1v) is 10.7. The summed E-state index contributed by atoms with van der Waals surface area (Å²) in [7, 11) is 1.57. The van der Waals surface area contributed by atoms with E-state index in [0.29, 0.717) is 24.7 Å². The van der Waals surface area contributed by atoms with Gasteiger partial charge in [0, 0.05) is 35.8 Å². The molecule has 1 saturated carbocycles. The normalized spacial score (nSPS) is 18.1. The first kappa shape index (κ1) is 21.5. The van der Waals surface area contributed by atoms with Crippen molar-refractivity contribution in [3.05, 3.63) is 54.4 Å². The summed E-state index contributed by atoms with van der Waals surface area (Å²) in [5.74, 6) is 0.879. The van der Waals surface area contributed by atoms with E-state index in [4.69, 9.17) is 9.84 Å². The molecule has 3 N–H and O–H groups in total. The zero-order valence-corrected chi connectivity index (χ0v) is 18.2. The fourth-order valence-corrected chi connectivity index (χ4v) is 4.01. The Balaban J connectivity index is 1.44. The second-order valence-corrected chi connectivity index (χ2v) is 8.10. The maximum absolute atomic E-state index is 11.1. The molecule has 4 rings (SSSR count). The van der Waals surface area contributed by atoms with E-state index in [1.165, 1.54) is 0 Å². The van der Waals surface area contributed by atoms with Gasteiger partial charge in [0.1, 0.15) is 5.82 Å². The highest BCUT2D eigenvalue weighted by molar-refractivity contribution is 5.71. The molecule has 32 heavy (non-hydrogen) atoms. The van der Waals surface area contributed by atoms with Gasteiger partial charge in [0.15, 0.2) is 0 Å². The van der Waals surface area contributed by atoms with Crippen LogP contribution in [-0.4, -0.2) is 39.2 Å². The molecular weight excluding hydrogens is 406 g/mol. The van der Waals surface area contributed by atoms with Gasteiger partial charge in [-0.05, 0) is 68.0 Å². The highest BCUT2D eigenvalue weighted by Crippen LogP contribution is 2.29. The average molecular weight is 434 g/mol. The number of ether oxygens (including phenoxy) is 1. The number of hydrogen-bond donors (Lipinski definition) is 3. The fraction of sp³-hybridized carbons (Fsp3) is 0.333. The molecule has 3 aromatic rings. The molecule has 8 nitrogen and oxygen atoms in total. The third kappa shape index (κ3) is 5.32. The predicted octanol–water partition coefficient (Wildman–Crippen LogP) is 4.65. The number of aliphatic carboxylic acids is 1. The van der Waals surface area contributed by atoms with E-state index < -0.39 is 5.97 Å². The lowest BCUT2D eigenvalue weighted by atomic mass is 9.86. The number of benzene rings is 1. The van der Waals surface area contributed by atoms with Crippen LogP contribution in [0.5, 0.6) is 5.88 Å². The molecule has 0 atom stereocenters. The van der Waals surface area contributed by atoms with Crippen LogP contribution >= 0.6 is 0 Å². The summed E-state index contributed by atoms with van der Waals surface area (Å²) in [5.41, 5.74) is 4.02. The van der Waals surface area contributed by atoms with Crippen LogP contribution in [0.15, 0.2) is 48.8 Å². The van der Waals surface area contributed by atoms with Gasteiger partial charge in [0.25, 0.3) is 0 Å². The predicted molar refractivity (Wildman–Crippen MR) is 123 cm³/mol.